The zero-order chi connectivity index (χ0) is 24.2. The molecule has 0 aromatic heterocycles. The minimum absolute atomic E-state index is 0.0416. The molecule has 1 heterocycles. The Balaban J connectivity index is 1.93. The van der Waals surface area contributed by atoms with Crippen molar-refractivity contribution in [2.24, 2.45) is 5.92 Å². The number of alkyl halides is 3. The van der Waals surface area contributed by atoms with Gasteiger partial charge in [0.15, 0.2) is 0 Å². The molecule has 1 fully saturated rings. The van der Waals surface area contributed by atoms with Crippen molar-refractivity contribution >= 4 is 23.0 Å². The molecule has 4 nitrogen and oxygen atoms in total. The quantitative estimate of drug-likeness (QED) is 0.429. The molecule has 1 saturated heterocycles. The summed E-state index contributed by atoms with van der Waals surface area (Å²) in [5, 5.41) is 6.02. The summed E-state index contributed by atoms with van der Waals surface area (Å²) in [6.07, 6.45) is 0.764. The van der Waals surface area contributed by atoms with Gasteiger partial charge in [-0.1, -0.05) is 26.5 Å². The van der Waals surface area contributed by atoms with Crippen LogP contribution in [0.15, 0.2) is 61.4 Å². The molecule has 0 spiro atoms. The first kappa shape index (κ1) is 24.4. The van der Waals surface area contributed by atoms with E-state index in [0.717, 1.165) is 24.1 Å². The van der Waals surface area contributed by atoms with E-state index < -0.39 is 17.2 Å². The number of amides is 1. The molecule has 0 radical (unpaired) electrons. The highest BCUT2D eigenvalue weighted by atomic mass is 19.4. The largest absolute Gasteiger partial charge is 0.465 e. The molecule has 2 unspecified atom stereocenters. The van der Waals surface area contributed by atoms with Gasteiger partial charge in [-0.3, -0.25) is 4.79 Å². The summed E-state index contributed by atoms with van der Waals surface area (Å²) in [6.45, 7) is 10.7. The Bertz CT molecular complexity index is 1040. The van der Waals surface area contributed by atoms with E-state index in [1.807, 2.05) is 25.1 Å². The fourth-order valence-electron chi connectivity index (χ4n) is 3.59. The molecule has 0 aliphatic carbocycles. The highest BCUT2D eigenvalue weighted by Crippen LogP contribution is 2.37. The molecule has 1 amide bonds. The third-order valence-electron chi connectivity index (χ3n) is 6.12. The van der Waals surface area contributed by atoms with Crippen LogP contribution in [0.25, 0.3) is 5.76 Å². The molecule has 7 heteroatoms. The van der Waals surface area contributed by atoms with Crippen LogP contribution >= 0.6 is 0 Å². The van der Waals surface area contributed by atoms with Crippen molar-refractivity contribution in [3.8, 4) is 0 Å². The molecule has 1 aliphatic rings. The van der Waals surface area contributed by atoms with E-state index in [1.165, 1.54) is 12.1 Å². The number of hydrogen-bond acceptors (Lipinski definition) is 3. The van der Waals surface area contributed by atoms with Gasteiger partial charge in [0.25, 0.3) is 0 Å². The van der Waals surface area contributed by atoms with Gasteiger partial charge in [-0.05, 0) is 73.7 Å². The van der Waals surface area contributed by atoms with Crippen molar-refractivity contribution in [3.05, 3.63) is 78.1 Å². The number of carbonyl (C=O) groups excluding carboxylic acids is 1. The van der Waals surface area contributed by atoms with Crippen molar-refractivity contribution < 1.29 is 22.7 Å². The Morgan fingerprint density at radius 3 is 2.55 bits per heavy atom. The topological polar surface area (TPSA) is 50.4 Å². The number of rotatable bonds is 8. The number of allylic oxidation sites excluding steroid dienone is 1. The van der Waals surface area contributed by atoms with Crippen molar-refractivity contribution in [2.75, 3.05) is 11.9 Å². The van der Waals surface area contributed by atoms with Gasteiger partial charge in [-0.25, -0.2) is 0 Å². The van der Waals surface area contributed by atoms with Crippen molar-refractivity contribution in [3.63, 3.8) is 0 Å². The van der Waals surface area contributed by atoms with Crippen LogP contribution < -0.4 is 10.6 Å². The Hall–Kier alpha value is -3.22. The van der Waals surface area contributed by atoms with Crippen LogP contribution in [0.1, 0.15) is 50.3 Å². The predicted octanol–water partition coefficient (Wildman–Crippen LogP) is 6.77. The van der Waals surface area contributed by atoms with Gasteiger partial charge in [0.05, 0.1) is 17.2 Å². The number of benzene rings is 2. The van der Waals surface area contributed by atoms with Crippen LogP contribution in [0.5, 0.6) is 0 Å². The molecular formula is C26H29F3N2O2. The lowest BCUT2D eigenvalue weighted by Crippen LogP contribution is -2.32. The third-order valence-corrected chi connectivity index (χ3v) is 6.12. The van der Waals surface area contributed by atoms with E-state index in [4.69, 9.17) is 4.74 Å². The first-order valence-corrected chi connectivity index (χ1v) is 10.9. The van der Waals surface area contributed by atoms with Gasteiger partial charge in [0.2, 0.25) is 5.91 Å². The third kappa shape index (κ3) is 5.59. The zero-order valence-corrected chi connectivity index (χ0v) is 19.1. The lowest BCUT2D eigenvalue weighted by molar-refractivity contribution is -0.137. The van der Waals surface area contributed by atoms with Gasteiger partial charge in [-0.15, -0.1) is 0 Å². The first-order valence-electron chi connectivity index (χ1n) is 10.9. The summed E-state index contributed by atoms with van der Waals surface area (Å²) < 4.78 is 44.4. The minimum Gasteiger partial charge on any atom is -0.465 e. The SMILES string of the molecule is C=C(O/C=C\C(C)CC)c1cc(C2(C)CCNC2=O)ccc1Nc1ccc(C(F)(F)F)cc1. The maximum atomic E-state index is 12.9. The van der Waals surface area contributed by atoms with Gasteiger partial charge < -0.3 is 15.4 Å². The predicted molar refractivity (Wildman–Crippen MR) is 125 cm³/mol. The summed E-state index contributed by atoms with van der Waals surface area (Å²) in [7, 11) is 0. The Morgan fingerprint density at radius 1 is 1.27 bits per heavy atom. The molecular weight excluding hydrogens is 429 g/mol. The second-order valence-electron chi connectivity index (χ2n) is 8.55. The van der Waals surface area contributed by atoms with Crippen LogP contribution in [-0.2, 0) is 21.1 Å². The number of nitrogens with one attached hydrogen (secondary N) is 2. The minimum atomic E-state index is -4.40. The van der Waals surface area contributed by atoms with E-state index in [-0.39, 0.29) is 5.91 Å². The number of anilines is 2. The summed E-state index contributed by atoms with van der Waals surface area (Å²) in [5.74, 6) is 0.669. The van der Waals surface area contributed by atoms with Crippen molar-refractivity contribution in [2.45, 2.75) is 45.2 Å². The standard InChI is InChI=1S/C26H29F3N2O2/c1-5-17(2)12-15-33-18(3)22-16-20(25(4)13-14-30-24(25)32)8-11-23(22)31-21-9-6-19(7-10-21)26(27,28)29/h6-12,15-17,31H,3,5,13-14H2,1-2,4H3,(H,30,32)/b15-12-. The molecule has 0 saturated carbocycles. The van der Waals surface area contributed by atoms with E-state index in [0.29, 0.717) is 41.6 Å². The number of carbonyl (C=O) groups is 1. The Kier molecular flexibility index (Phi) is 7.20. The van der Waals surface area contributed by atoms with Gasteiger partial charge in [0, 0.05) is 23.5 Å². The van der Waals surface area contributed by atoms with Gasteiger partial charge >= 0.3 is 6.18 Å². The second-order valence-corrected chi connectivity index (χ2v) is 8.55. The maximum Gasteiger partial charge on any atom is 0.416 e. The molecule has 2 aromatic rings. The fraction of sp³-hybridized carbons (Fsp3) is 0.346. The smallest absolute Gasteiger partial charge is 0.416 e. The van der Waals surface area contributed by atoms with Gasteiger partial charge in [-0.2, -0.15) is 13.2 Å². The summed E-state index contributed by atoms with van der Waals surface area (Å²) in [4.78, 5) is 12.5. The van der Waals surface area contributed by atoms with Crippen molar-refractivity contribution in [1.82, 2.24) is 5.32 Å². The normalized spacial score (nSPS) is 19.4. The van der Waals surface area contributed by atoms with Crippen LogP contribution in [0.2, 0.25) is 0 Å². The van der Waals surface area contributed by atoms with Gasteiger partial charge in [0.1, 0.15) is 5.76 Å². The number of ether oxygens (including phenoxy) is 1. The number of halogens is 3. The molecule has 2 atom stereocenters. The van der Waals surface area contributed by atoms with Crippen LogP contribution in [0, 0.1) is 5.92 Å². The summed E-state index contributed by atoms with van der Waals surface area (Å²) in [5.41, 5.74) is 1.16. The summed E-state index contributed by atoms with van der Waals surface area (Å²) in [6, 6.07) is 10.3. The van der Waals surface area contributed by atoms with E-state index in [2.05, 4.69) is 31.1 Å². The molecule has 176 valence electrons. The van der Waals surface area contributed by atoms with E-state index >= 15 is 0 Å². The maximum absolute atomic E-state index is 12.9. The average molecular weight is 459 g/mol. The zero-order valence-electron chi connectivity index (χ0n) is 19.1. The van der Waals surface area contributed by atoms with Crippen LogP contribution in [0.4, 0.5) is 24.5 Å². The van der Waals surface area contributed by atoms with Crippen molar-refractivity contribution in [1.29, 1.82) is 0 Å². The molecule has 2 aromatic carbocycles. The molecule has 3 rings (SSSR count). The average Bonchev–Trinajstić information content (AvgIpc) is 3.12. The molecule has 2 N–H and O–H groups in total. The van der Waals surface area contributed by atoms with E-state index in [1.54, 1.807) is 12.3 Å². The highest BCUT2D eigenvalue weighted by Gasteiger charge is 2.39. The fourth-order valence-corrected chi connectivity index (χ4v) is 3.59. The highest BCUT2D eigenvalue weighted by molar-refractivity contribution is 5.90. The van der Waals surface area contributed by atoms with E-state index in [9.17, 15) is 18.0 Å². The summed E-state index contributed by atoms with van der Waals surface area (Å²) >= 11 is 0. The molecule has 1 aliphatic heterocycles. The Morgan fingerprint density at radius 2 is 1.97 bits per heavy atom. The molecule has 33 heavy (non-hydrogen) atoms. The van der Waals surface area contributed by atoms with Crippen LogP contribution in [-0.4, -0.2) is 12.5 Å². The number of hydrogen-bond donors (Lipinski definition) is 2. The Labute approximate surface area is 192 Å². The monoisotopic (exact) mass is 458 g/mol. The first-order chi connectivity index (χ1) is 15.5. The second kappa shape index (κ2) is 9.73. The van der Waals surface area contributed by atoms with Crippen LogP contribution in [0.3, 0.4) is 0 Å². The lowest BCUT2D eigenvalue weighted by atomic mass is 9.80. The molecule has 0 bridgehead atoms. The lowest BCUT2D eigenvalue weighted by Gasteiger charge is -2.23.